The van der Waals surface area contributed by atoms with E-state index < -0.39 is 11.7 Å². The number of fused-ring (bicyclic) bond motifs is 1. The highest BCUT2D eigenvalue weighted by atomic mass is 35.5. The molecule has 102 valence electrons. The van der Waals surface area contributed by atoms with E-state index in [2.05, 4.69) is 15.2 Å². The molecule has 0 saturated carbocycles. The van der Waals surface area contributed by atoms with Crippen molar-refractivity contribution in [2.45, 2.75) is 6.18 Å². The van der Waals surface area contributed by atoms with E-state index in [1.54, 1.807) is 10.6 Å². The van der Waals surface area contributed by atoms with Crippen LogP contribution >= 0.6 is 11.6 Å². The van der Waals surface area contributed by atoms with Crippen LogP contribution in [0, 0.1) is 0 Å². The fraction of sp³-hybridized carbons (Fsp3) is 0.0833. The first-order valence-electron chi connectivity index (χ1n) is 5.50. The zero-order valence-electron chi connectivity index (χ0n) is 9.76. The number of imidazole rings is 1. The van der Waals surface area contributed by atoms with Crippen molar-refractivity contribution in [2.75, 3.05) is 0 Å². The molecule has 0 aliphatic heterocycles. The van der Waals surface area contributed by atoms with Crippen molar-refractivity contribution in [2.24, 2.45) is 0 Å². The van der Waals surface area contributed by atoms with E-state index in [1.807, 2.05) is 0 Å². The van der Waals surface area contributed by atoms with Crippen LogP contribution in [0.15, 0.2) is 36.7 Å². The van der Waals surface area contributed by atoms with Gasteiger partial charge in [0.2, 0.25) is 0 Å². The second-order valence-electron chi connectivity index (χ2n) is 4.01. The summed E-state index contributed by atoms with van der Waals surface area (Å²) in [4.78, 5) is 4.01. The number of rotatable bonds is 1. The van der Waals surface area contributed by atoms with Gasteiger partial charge in [0.25, 0.3) is 0 Å². The van der Waals surface area contributed by atoms with Gasteiger partial charge in [0.15, 0.2) is 16.6 Å². The Morgan fingerprint density at radius 1 is 1.05 bits per heavy atom. The molecule has 3 rings (SSSR count). The highest BCUT2D eigenvalue weighted by molar-refractivity contribution is 6.32. The zero-order valence-corrected chi connectivity index (χ0v) is 10.5. The summed E-state index contributed by atoms with van der Waals surface area (Å²) in [6, 6.07) is 4.66. The lowest BCUT2D eigenvalue weighted by atomic mass is 10.1. The second kappa shape index (κ2) is 4.45. The van der Waals surface area contributed by atoms with Crippen LogP contribution in [0.3, 0.4) is 0 Å². The normalized spacial score (nSPS) is 12.0. The Kier molecular flexibility index (Phi) is 2.86. The predicted octanol–water partition coefficient (Wildman–Crippen LogP) is 3.46. The molecule has 0 saturated heterocycles. The first kappa shape index (κ1) is 12.9. The summed E-state index contributed by atoms with van der Waals surface area (Å²) in [6.07, 6.45) is -1.24. The molecule has 4 nitrogen and oxygen atoms in total. The predicted molar refractivity (Wildman–Crippen MR) is 66.2 cm³/mol. The first-order chi connectivity index (χ1) is 9.47. The van der Waals surface area contributed by atoms with Gasteiger partial charge in [0.05, 0.1) is 5.56 Å². The Morgan fingerprint density at radius 2 is 1.75 bits per heavy atom. The molecule has 0 spiro atoms. The van der Waals surface area contributed by atoms with E-state index >= 15 is 0 Å². The van der Waals surface area contributed by atoms with Crippen LogP contribution in [0.25, 0.3) is 17.0 Å². The monoisotopic (exact) mass is 298 g/mol. The van der Waals surface area contributed by atoms with Crippen molar-refractivity contribution in [3.63, 3.8) is 0 Å². The van der Waals surface area contributed by atoms with Crippen LogP contribution < -0.4 is 0 Å². The van der Waals surface area contributed by atoms with Gasteiger partial charge in [-0.1, -0.05) is 23.7 Å². The number of aromatic nitrogens is 4. The molecule has 0 atom stereocenters. The van der Waals surface area contributed by atoms with Crippen LogP contribution in [0.1, 0.15) is 5.56 Å². The maximum absolute atomic E-state index is 12.5. The smallest absolute Gasteiger partial charge is 0.280 e. The number of halogens is 4. The topological polar surface area (TPSA) is 43.1 Å². The summed E-state index contributed by atoms with van der Waals surface area (Å²) in [7, 11) is 0. The molecule has 8 heteroatoms. The fourth-order valence-corrected chi connectivity index (χ4v) is 1.99. The Morgan fingerprint density at radius 3 is 2.40 bits per heavy atom. The number of nitrogens with zero attached hydrogens (tertiary/aromatic N) is 4. The summed E-state index contributed by atoms with van der Waals surface area (Å²) >= 11 is 5.84. The van der Waals surface area contributed by atoms with Gasteiger partial charge in [0.1, 0.15) is 0 Å². The molecule has 2 heterocycles. The lowest BCUT2D eigenvalue weighted by Crippen LogP contribution is -2.05. The quantitative estimate of drug-likeness (QED) is 0.691. The standard InChI is InChI=1S/C12H6ClF3N4/c13-9-11-17-5-6-20(11)10(19-18-9)7-1-3-8(4-2-7)12(14,15)16/h1-6H. The molecule has 2 aromatic heterocycles. The van der Waals surface area contributed by atoms with Crippen LogP contribution in [-0.4, -0.2) is 19.6 Å². The summed E-state index contributed by atoms with van der Waals surface area (Å²) in [6.45, 7) is 0. The van der Waals surface area contributed by atoms with Gasteiger partial charge in [-0.3, -0.25) is 4.40 Å². The van der Waals surface area contributed by atoms with Crippen LogP contribution in [0.4, 0.5) is 13.2 Å². The molecule has 1 aromatic carbocycles. The van der Waals surface area contributed by atoms with Crippen molar-refractivity contribution < 1.29 is 13.2 Å². The SMILES string of the molecule is FC(F)(F)c1ccc(-c2nnc(Cl)c3nccn23)cc1. The van der Waals surface area contributed by atoms with Crippen molar-refractivity contribution in [3.05, 3.63) is 47.4 Å². The molecule has 0 amide bonds. The molecule has 0 fully saturated rings. The molecular formula is C12H6ClF3N4. The van der Waals surface area contributed by atoms with Crippen molar-refractivity contribution in [3.8, 4) is 11.4 Å². The van der Waals surface area contributed by atoms with E-state index in [1.165, 1.54) is 18.3 Å². The van der Waals surface area contributed by atoms with Crippen molar-refractivity contribution in [1.29, 1.82) is 0 Å². The van der Waals surface area contributed by atoms with Gasteiger partial charge < -0.3 is 0 Å². The Balaban J connectivity index is 2.12. The number of alkyl halides is 3. The van der Waals surface area contributed by atoms with Gasteiger partial charge in [-0.2, -0.15) is 13.2 Å². The summed E-state index contributed by atoms with van der Waals surface area (Å²) in [5.74, 6) is 0.371. The minimum absolute atomic E-state index is 0.130. The third kappa shape index (κ3) is 2.09. The number of benzene rings is 1. The van der Waals surface area contributed by atoms with Crippen LogP contribution in [0.5, 0.6) is 0 Å². The molecule has 3 aromatic rings. The zero-order chi connectivity index (χ0) is 14.3. The van der Waals surface area contributed by atoms with E-state index in [4.69, 9.17) is 11.6 Å². The van der Waals surface area contributed by atoms with Gasteiger partial charge in [0, 0.05) is 18.0 Å². The van der Waals surface area contributed by atoms with Gasteiger partial charge >= 0.3 is 6.18 Å². The third-order valence-corrected chi connectivity index (χ3v) is 3.00. The summed E-state index contributed by atoms with van der Waals surface area (Å²) < 4.78 is 39.1. The lowest BCUT2D eigenvalue weighted by molar-refractivity contribution is -0.137. The van der Waals surface area contributed by atoms with Crippen molar-refractivity contribution >= 4 is 17.2 Å². The minimum Gasteiger partial charge on any atom is -0.280 e. The molecule has 0 radical (unpaired) electrons. The van der Waals surface area contributed by atoms with Crippen LogP contribution in [0.2, 0.25) is 5.15 Å². The Labute approximate surface area is 115 Å². The van der Waals surface area contributed by atoms with E-state index in [9.17, 15) is 13.2 Å². The average Bonchev–Trinajstić information content (AvgIpc) is 2.88. The van der Waals surface area contributed by atoms with E-state index in [-0.39, 0.29) is 5.15 Å². The van der Waals surface area contributed by atoms with Gasteiger partial charge in [-0.25, -0.2) is 4.98 Å². The maximum Gasteiger partial charge on any atom is 0.416 e. The minimum atomic E-state index is -4.37. The second-order valence-corrected chi connectivity index (χ2v) is 4.37. The highest BCUT2D eigenvalue weighted by Gasteiger charge is 2.30. The lowest BCUT2D eigenvalue weighted by Gasteiger charge is -2.08. The molecule has 0 aliphatic rings. The van der Waals surface area contributed by atoms with Crippen molar-refractivity contribution in [1.82, 2.24) is 19.6 Å². The Hall–Kier alpha value is -2.15. The molecule has 20 heavy (non-hydrogen) atoms. The maximum atomic E-state index is 12.5. The molecule has 0 N–H and O–H groups in total. The van der Waals surface area contributed by atoms with Crippen LogP contribution in [-0.2, 0) is 6.18 Å². The van der Waals surface area contributed by atoms with Gasteiger partial charge in [-0.15, -0.1) is 10.2 Å². The first-order valence-corrected chi connectivity index (χ1v) is 5.87. The summed E-state index contributed by atoms with van der Waals surface area (Å²) in [5.41, 5.74) is 0.173. The largest absolute Gasteiger partial charge is 0.416 e. The Bertz CT molecular complexity index is 764. The molecule has 0 unspecified atom stereocenters. The number of hydrogen-bond donors (Lipinski definition) is 0. The number of hydrogen-bond acceptors (Lipinski definition) is 3. The third-order valence-electron chi connectivity index (χ3n) is 2.76. The van der Waals surface area contributed by atoms with E-state index in [0.29, 0.717) is 17.0 Å². The molecule has 0 bridgehead atoms. The molecule has 0 aliphatic carbocycles. The average molecular weight is 299 g/mol. The highest BCUT2D eigenvalue weighted by Crippen LogP contribution is 2.30. The van der Waals surface area contributed by atoms with E-state index in [0.717, 1.165) is 12.1 Å². The fourth-order valence-electron chi connectivity index (χ4n) is 1.82. The summed E-state index contributed by atoms with van der Waals surface area (Å²) in [5, 5.41) is 7.77. The van der Waals surface area contributed by atoms with Gasteiger partial charge in [-0.05, 0) is 12.1 Å². The molecular weight excluding hydrogens is 293 g/mol.